The summed E-state index contributed by atoms with van der Waals surface area (Å²) in [6.07, 6.45) is 3.95. The monoisotopic (exact) mass is 862 g/mol. The normalized spacial score (nSPS) is 14.3. The van der Waals surface area contributed by atoms with Gasteiger partial charge in [-0.05, 0) is 84.4 Å². The van der Waals surface area contributed by atoms with Gasteiger partial charge in [0.2, 0.25) is 11.8 Å². The van der Waals surface area contributed by atoms with Gasteiger partial charge in [-0.15, -0.1) is 5.10 Å². The molecular formula is C47H71N7O8. The predicted molar refractivity (Wildman–Crippen MR) is 240 cm³/mol. The van der Waals surface area contributed by atoms with E-state index in [4.69, 9.17) is 18.9 Å². The molecule has 0 saturated heterocycles. The van der Waals surface area contributed by atoms with Crippen molar-refractivity contribution in [1.29, 1.82) is 0 Å². The Morgan fingerprint density at radius 2 is 1.53 bits per heavy atom. The Hall–Kier alpha value is -4.86. The molecular weight excluding hydrogens is 791 g/mol. The average Bonchev–Trinajstić information content (AvgIpc) is 3.65. The first-order valence-corrected chi connectivity index (χ1v) is 21.9. The van der Waals surface area contributed by atoms with E-state index in [1.165, 1.54) is 7.11 Å². The van der Waals surface area contributed by atoms with E-state index in [9.17, 15) is 19.2 Å². The number of hydrogen-bond donors (Lipinski definition) is 3. The zero-order valence-electron chi connectivity index (χ0n) is 38.9. The van der Waals surface area contributed by atoms with Crippen LogP contribution in [0.15, 0.2) is 48.5 Å². The Kier molecular flexibility index (Phi) is 17.6. The van der Waals surface area contributed by atoms with Crippen LogP contribution in [0.25, 0.3) is 22.5 Å². The minimum absolute atomic E-state index is 0.0524. The Balaban J connectivity index is 1.45. The summed E-state index contributed by atoms with van der Waals surface area (Å²) in [5, 5.41) is 18.0. The molecule has 0 aliphatic carbocycles. The van der Waals surface area contributed by atoms with Gasteiger partial charge in [0.05, 0.1) is 49.4 Å². The second kappa shape index (κ2) is 22.0. The molecule has 1 aromatic heterocycles. The molecule has 0 bridgehead atoms. The molecule has 0 fully saturated rings. The van der Waals surface area contributed by atoms with Crippen molar-refractivity contribution in [2.75, 3.05) is 52.5 Å². The predicted octanol–water partition coefficient (Wildman–Crippen LogP) is 7.07. The minimum Gasteiger partial charge on any atom is -0.468 e. The molecule has 2 unspecified atom stereocenters. The van der Waals surface area contributed by atoms with Crippen LogP contribution < -0.4 is 20.9 Å². The van der Waals surface area contributed by atoms with Crippen LogP contribution in [0.1, 0.15) is 106 Å². The van der Waals surface area contributed by atoms with Gasteiger partial charge < -0.3 is 39.8 Å². The fourth-order valence-corrected chi connectivity index (χ4v) is 7.92. The highest BCUT2D eigenvalue weighted by molar-refractivity contribution is 6.02. The van der Waals surface area contributed by atoms with E-state index >= 15 is 0 Å². The highest BCUT2D eigenvalue weighted by Gasteiger charge is 2.42. The van der Waals surface area contributed by atoms with Crippen molar-refractivity contribution < 1.29 is 38.1 Å². The number of rotatable bonds is 23. The van der Waals surface area contributed by atoms with E-state index in [0.29, 0.717) is 63.2 Å². The molecule has 15 heteroatoms. The summed E-state index contributed by atoms with van der Waals surface area (Å²) < 4.78 is 23.9. The molecule has 0 spiro atoms. The number of benzene rings is 2. The summed E-state index contributed by atoms with van der Waals surface area (Å²) in [5.74, 6) is -0.548. The average molecular weight is 862 g/mol. The molecule has 0 saturated carbocycles. The Labute approximate surface area is 368 Å². The number of anilines is 1. The number of hydrogen-bond acceptors (Lipinski definition) is 11. The Morgan fingerprint density at radius 1 is 0.839 bits per heavy atom. The van der Waals surface area contributed by atoms with Gasteiger partial charge in [-0.25, -0.2) is 9.48 Å². The molecule has 0 radical (unpaired) electrons. The molecule has 3 aromatic rings. The largest absolute Gasteiger partial charge is 0.468 e. The Morgan fingerprint density at radius 3 is 2.21 bits per heavy atom. The second-order valence-electron chi connectivity index (χ2n) is 18.3. The topological polar surface area (TPSA) is 175 Å². The van der Waals surface area contributed by atoms with E-state index in [2.05, 4.69) is 40.1 Å². The van der Waals surface area contributed by atoms with Crippen LogP contribution in [-0.4, -0.2) is 104 Å². The quantitative estimate of drug-likeness (QED) is 0.0658. The molecule has 2 atom stereocenters. The van der Waals surface area contributed by atoms with Gasteiger partial charge in [-0.2, -0.15) is 0 Å². The molecule has 15 nitrogen and oxygen atoms in total. The molecule has 1 aliphatic heterocycles. The number of aromatic nitrogens is 3. The van der Waals surface area contributed by atoms with Crippen LogP contribution in [-0.2, 0) is 46.4 Å². The molecule has 342 valence electrons. The SMILES string of the molecule is CCC(C)(CCNC(=O)C(C)(C)CC(C)(C)C(=O)N1Cc2ccccc2-c2c(nnn2CCOC(=O)NCCCCC(NC)C(=O)OC)-c2ccccc21)OCCC(C)(C)OC. The lowest BCUT2D eigenvalue weighted by Gasteiger charge is -2.38. The first-order chi connectivity index (χ1) is 29.3. The lowest BCUT2D eigenvalue weighted by molar-refractivity contribution is -0.143. The van der Waals surface area contributed by atoms with Gasteiger partial charge in [0, 0.05) is 42.2 Å². The van der Waals surface area contributed by atoms with Crippen molar-refractivity contribution in [2.45, 2.75) is 131 Å². The number of amides is 3. The molecule has 3 amide bonds. The molecule has 1 aliphatic rings. The van der Waals surface area contributed by atoms with E-state index < -0.39 is 22.5 Å². The zero-order valence-corrected chi connectivity index (χ0v) is 38.9. The van der Waals surface area contributed by atoms with Crippen molar-refractivity contribution in [3.05, 3.63) is 54.1 Å². The Bertz CT molecular complexity index is 1980. The van der Waals surface area contributed by atoms with Crippen LogP contribution in [0.3, 0.4) is 0 Å². The number of unbranched alkanes of at least 4 members (excludes halogenated alkanes) is 1. The van der Waals surface area contributed by atoms with Crippen molar-refractivity contribution in [3.63, 3.8) is 0 Å². The number of alkyl carbamates (subject to hydrolysis) is 1. The van der Waals surface area contributed by atoms with Crippen LogP contribution >= 0.6 is 0 Å². The van der Waals surface area contributed by atoms with Crippen LogP contribution in [0.2, 0.25) is 0 Å². The molecule has 2 aromatic carbocycles. The number of nitrogens with zero attached hydrogens (tertiary/aromatic N) is 4. The third kappa shape index (κ3) is 13.1. The van der Waals surface area contributed by atoms with Crippen LogP contribution in [0.4, 0.5) is 10.5 Å². The number of methoxy groups -OCH3 is 2. The molecule has 62 heavy (non-hydrogen) atoms. The van der Waals surface area contributed by atoms with Gasteiger partial charge in [0.1, 0.15) is 18.3 Å². The fraction of sp³-hybridized carbons (Fsp3) is 0.617. The number of carbonyl (C=O) groups is 4. The number of para-hydroxylation sites is 1. The zero-order chi connectivity index (χ0) is 45.7. The van der Waals surface area contributed by atoms with Crippen LogP contribution in [0, 0.1) is 10.8 Å². The highest BCUT2D eigenvalue weighted by atomic mass is 16.5. The van der Waals surface area contributed by atoms with Gasteiger partial charge in [0.25, 0.3) is 0 Å². The number of carbonyl (C=O) groups excluding carboxylic acids is 4. The maximum atomic E-state index is 14.9. The van der Waals surface area contributed by atoms with Gasteiger partial charge in [-0.1, -0.05) is 82.3 Å². The summed E-state index contributed by atoms with van der Waals surface area (Å²) in [6, 6.07) is 15.2. The number of esters is 1. The first kappa shape index (κ1) is 49.8. The van der Waals surface area contributed by atoms with Crippen molar-refractivity contribution in [3.8, 4) is 22.5 Å². The lowest BCUT2D eigenvalue weighted by atomic mass is 9.73. The number of ether oxygens (including phenoxy) is 4. The van der Waals surface area contributed by atoms with Crippen molar-refractivity contribution >= 4 is 29.6 Å². The number of fused-ring (bicyclic) bond motifs is 5. The van der Waals surface area contributed by atoms with Gasteiger partial charge >= 0.3 is 12.1 Å². The number of likely N-dealkylation sites (N-methyl/N-ethyl adjacent to an activating group) is 1. The van der Waals surface area contributed by atoms with Crippen molar-refractivity contribution in [1.82, 2.24) is 30.9 Å². The summed E-state index contributed by atoms with van der Waals surface area (Å²) in [5.41, 5.74) is 2.08. The summed E-state index contributed by atoms with van der Waals surface area (Å²) >= 11 is 0. The maximum absolute atomic E-state index is 14.9. The van der Waals surface area contributed by atoms with E-state index in [1.54, 1.807) is 23.7 Å². The molecule has 4 rings (SSSR count). The van der Waals surface area contributed by atoms with E-state index in [1.807, 2.05) is 90.1 Å². The first-order valence-electron chi connectivity index (χ1n) is 21.9. The molecule has 2 heterocycles. The second-order valence-corrected chi connectivity index (χ2v) is 18.3. The minimum atomic E-state index is -0.937. The van der Waals surface area contributed by atoms with E-state index in [0.717, 1.165) is 35.2 Å². The molecule has 3 N–H and O–H groups in total. The van der Waals surface area contributed by atoms with E-state index in [-0.39, 0.29) is 49.1 Å². The standard InChI is InChI=1S/C47H71N7O8/c1-12-47(8,62-29-25-46(6,7)60-11)24-27-49-41(56)44(2,3)32-45(4,5)42(57)53-31-33-19-13-14-20-34(33)39-38(35-21-15-16-23-37(35)53)51-52-54(39)28-30-61-43(58)50-26-18-17-22-36(48-9)40(55)59-10/h13-16,19-21,23,36,48H,12,17-18,22,24-32H2,1-11H3,(H,49,56)(H,50,58). The summed E-state index contributed by atoms with van der Waals surface area (Å²) in [4.78, 5) is 54.9. The maximum Gasteiger partial charge on any atom is 0.407 e. The third-order valence-electron chi connectivity index (χ3n) is 12.1. The van der Waals surface area contributed by atoms with Gasteiger partial charge in [0.15, 0.2) is 0 Å². The summed E-state index contributed by atoms with van der Waals surface area (Å²) in [7, 11) is 4.77. The highest BCUT2D eigenvalue weighted by Crippen LogP contribution is 2.44. The lowest BCUT2D eigenvalue weighted by Crippen LogP contribution is -2.47. The van der Waals surface area contributed by atoms with Gasteiger partial charge in [-0.3, -0.25) is 14.4 Å². The van der Waals surface area contributed by atoms with Crippen LogP contribution in [0.5, 0.6) is 0 Å². The summed E-state index contributed by atoms with van der Waals surface area (Å²) in [6.45, 7) is 17.8. The van der Waals surface area contributed by atoms with Crippen molar-refractivity contribution in [2.24, 2.45) is 10.8 Å². The number of nitrogens with one attached hydrogen (secondary N) is 3. The smallest absolute Gasteiger partial charge is 0.407 e. The fourth-order valence-electron chi connectivity index (χ4n) is 7.92. The third-order valence-corrected chi connectivity index (χ3v) is 12.1.